The molecule has 0 spiro atoms. The average Bonchev–Trinajstić information content (AvgIpc) is 2.37. The number of benzene rings is 1. The van der Waals surface area contributed by atoms with Crippen LogP contribution in [0.15, 0.2) is 24.3 Å². The number of hydrogen-bond acceptors (Lipinski definition) is 2. The minimum Gasteiger partial charge on any atom is -0.494 e. The lowest BCUT2D eigenvalue weighted by Crippen LogP contribution is -2.03. The maximum Gasteiger partial charge on any atom is 0.303 e. The Bertz CT molecular complexity index is 357. The van der Waals surface area contributed by atoms with Crippen molar-refractivity contribution >= 4 is 5.97 Å². The number of hydrogen-bond donors (Lipinski definition) is 1. The molecule has 0 aliphatic rings. The molecule has 1 N–H and O–H groups in total. The molecule has 0 aliphatic heterocycles. The molecule has 1 atom stereocenters. The molecule has 1 aromatic carbocycles. The minimum atomic E-state index is -0.760. The van der Waals surface area contributed by atoms with Gasteiger partial charge in [0.1, 0.15) is 5.75 Å². The van der Waals surface area contributed by atoms with Gasteiger partial charge in [0.25, 0.3) is 0 Å². The number of rotatable bonds is 8. The van der Waals surface area contributed by atoms with Gasteiger partial charge in [0, 0.05) is 6.42 Å². The first-order valence-electron chi connectivity index (χ1n) is 6.55. The van der Waals surface area contributed by atoms with Crippen LogP contribution in [0.25, 0.3) is 0 Å². The van der Waals surface area contributed by atoms with Crippen LogP contribution in [0.2, 0.25) is 0 Å². The molecule has 0 aliphatic carbocycles. The van der Waals surface area contributed by atoms with Crippen molar-refractivity contribution in [3.63, 3.8) is 0 Å². The van der Waals surface area contributed by atoms with Gasteiger partial charge in [-0.1, -0.05) is 32.4 Å². The van der Waals surface area contributed by atoms with E-state index in [-0.39, 0.29) is 6.42 Å². The van der Waals surface area contributed by atoms with Gasteiger partial charge in [-0.2, -0.15) is 0 Å². The number of carboxylic acid groups (broad SMARTS) is 1. The van der Waals surface area contributed by atoms with Crippen LogP contribution < -0.4 is 4.74 Å². The molecule has 1 unspecified atom stereocenters. The van der Waals surface area contributed by atoms with Crippen molar-refractivity contribution in [2.45, 2.75) is 39.5 Å². The first kappa shape index (κ1) is 14.6. The fourth-order valence-electron chi connectivity index (χ4n) is 1.59. The maximum atomic E-state index is 10.4. The zero-order chi connectivity index (χ0) is 13.4. The van der Waals surface area contributed by atoms with Gasteiger partial charge in [-0.15, -0.1) is 0 Å². The van der Waals surface area contributed by atoms with E-state index < -0.39 is 5.97 Å². The highest BCUT2D eigenvalue weighted by Crippen LogP contribution is 2.15. The van der Waals surface area contributed by atoms with Gasteiger partial charge in [-0.05, 0) is 36.5 Å². The van der Waals surface area contributed by atoms with E-state index in [1.165, 1.54) is 6.42 Å². The van der Waals surface area contributed by atoms with E-state index in [4.69, 9.17) is 9.84 Å². The number of aliphatic carboxylic acids is 1. The van der Waals surface area contributed by atoms with Gasteiger partial charge in [0.2, 0.25) is 0 Å². The summed E-state index contributed by atoms with van der Waals surface area (Å²) in [5, 5.41) is 8.60. The van der Waals surface area contributed by atoms with Crippen LogP contribution in [-0.4, -0.2) is 17.7 Å². The lowest BCUT2D eigenvalue weighted by atomic mass is 10.1. The topological polar surface area (TPSA) is 46.5 Å². The van der Waals surface area contributed by atoms with E-state index in [0.717, 1.165) is 24.3 Å². The van der Waals surface area contributed by atoms with E-state index in [1.807, 2.05) is 24.3 Å². The molecule has 0 saturated carbocycles. The highest BCUT2D eigenvalue weighted by Gasteiger charge is 2.01. The van der Waals surface area contributed by atoms with Crippen LogP contribution in [-0.2, 0) is 11.2 Å². The summed E-state index contributed by atoms with van der Waals surface area (Å²) in [6, 6.07) is 7.69. The molecule has 1 rings (SSSR count). The smallest absolute Gasteiger partial charge is 0.303 e. The van der Waals surface area contributed by atoms with Crippen molar-refractivity contribution in [3.05, 3.63) is 29.8 Å². The SMILES string of the molecule is CCC(C)CCOc1ccc(CCC(=O)O)cc1. The molecule has 0 heterocycles. The third-order valence-electron chi connectivity index (χ3n) is 3.13. The molecular formula is C15H22O3. The van der Waals surface area contributed by atoms with E-state index in [9.17, 15) is 4.79 Å². The number of carbonyl (C=O) groups is 1. The quantitative estimate of drug-likeness (QED) is 0.768. The van der Waals surface area contributed by atoms with Gasteiger partial charge >= 0.3 is 5.97 Å². The van der Waals surface area contributed by atoms with Crippen molar-refractivity contribution in [1.29, 1.82) is 0 Å². The van der Waals surface area contributed by atoms with Crippen molar-refractivity contribution in [2.75, 3.05) is 6.61 Å². The van der Waals surface area contributed by atoms with Crippen LogP contribution in [0.5, 0.6) is 5.75 Å². The summed E-state index contributed by atoms with van der Waals surface area (Å²) < 4.78 is 5.64. The molecule has 0 saturated heterocycles. The van der Waals surface area contributed by atoms with Gasteiger partial charge in [0.15, 0.2) is 0 Å². The van der Waals surface area contributed by atoms with Crippen molar-refractivity contribution in [2.24, 2.45) is 5.92 Å². The lowest BCUT2D eigenvalue weighted by molar-refractivity contribution is -0.136. The zero-order valence-electron chi connectivity index (χ0n) is 11.2. The van der Waals surface area contributed by atoms with E-state index in [1.54, 1.807) is 0 Å². The molecule has 0 radical (unpaired) electrons. The Balaban J connectivity index is 2.33. The van der Waals surface area contributed by atoms with Gasteiger partial charge in [0.05, 0.1) is 6.61 Å². The largest absolute Gasteiger partial charge is 0.494 e. The van der Waals surface area contributed by atoms with Crippen LogP contribution >= 0.6 is 0 Å². The second-order valence-corrected chi connectivity index (χ2v) is 4.69. The van der Waals surface area contributed by atoms with Crippen molar-refractivity contribution in [1.82, 2.24) is 0 Å². The highest BCUT2D eigenvalue weighted by atomic mass is 16.5. The minimum absolute atomic E-state index is 0.175. The molecule has 0 bridgehead atoms. The van der Waals surface area contributed by atoms with Gasteiger partial charge in [-0.25, -0.2) is 0 Å². The second kappa shape index (κ2) is 7.75. The zero-order valence-corrected chi connectivity index (χ0v) is 11.2. The third-order valence-corrected chi connectivity index (χ3v) is 3.13. The predicted octanol–water partition coefficient (Wildman–Crippen LogP) is 3.52. The molecule has 3 nitrogen and oxygen atoms in total. The van der Waals surface area contributed by atoms with Crippen LogP contribution in [0.3, 0.4) is 0 Å². The Labute approximate surface area is 109 Å². The summed E-state index contributed by atoms with van der Waals surface area (Å²) in [7, 11) is 0. The van der Waals surface area contributed by atoms with E-state index >= 15 is 0 Å². The number of ether oxygens (including phenoxy) is 1. The Hall–Kier alpha value is -1.51. The normalized spacial score (nSPS) is 12.1. The summed E-state index contributed by atoms with van der Waals surface area (Å²) in [6.07, 6.45) is 2.99. The summed E-state index contributed by atoms with van der Waals surface area (Å²) in [4.78, 5) is 10.4. The Morgan fingerprint density at radius 2 is 2.00 bits per heavy atom. The van der Waals surface area contributed by atoms with Crippen molar-refractivity contribution < 1.29 is 14.6 Å². The van der Waals surface area contributed by atoms with E-state index in [0.29, 0.717) is 12.3 Å². The molecule has 0 fully saturated rings. The molecule has 18 heavy (non-hydrogen) atoms. The van der Waals surface area contributed by atoms with Gasteiger partial charge in [-0.3, -0.25) is 4.79 Å². The third kappa shape index (κ3) is 5.71. The van der Waals surface area contributed by atoms with Crippen LogP contribution in [0, 0.1) is 5.92 Å². The highest BCUT2D eigenvalue weighted by molar-refractivity contribution is 5.67. The summed E-state index contributed by atoms with van der Waals surface area (Å²) in [5.74, 6) is 0.793. The van der Waals surface area contributed by atoms with Crippen molar-refractivity contribution in [3.8, 4) is 5.75 Å². The number of aryl methyl sites for hydroxylation is 1. The molecule has 1 aromatic rings. The average molecular weight is 250 g/mol. The second-order valence-electron chi connectivity index (χ2n) is 4.69. The van der Waals surface area contributed by atoms with E-state index in [2.05, 4.69) is 13.8 Å². The van der Waals surface area contributed by atoms with Crippen LogP contribution in [0.1, 0.15) is 38.7 Å². The fourth-order valence-corrected chi connectivity index (χ4v) is 1.59. The molecular weight excluding hydrogens is 228 g/mol. The Kier molecular flexibility index (Phi) is 6.26. The first-order valence-corrected chi connectivity index (χ1v) is 6.55. The Morgan fingerprint density at radius 3 is 2.56 bits per heavy atom. The molecule has 3 heteroatoms. The lowest BCUT2D eigenvalue weighted by Gasteiger charge is -2.10. The molecule has 0 aromatic heterocycles. The summed E-state index contributed by atoms with van der Waals surface area (Å²) in [6.45, 7) is 5.14. The van der Waals surface area contributed by atoms with Gasteiger partial charge < -0.3 is 9.84 Å². The predicted molar refractivity (Wildman–Crippen MR) is 72.0 cm³/mol. The Morgan fingerprint density at radius 1 is 1.33 bits per heavy atom. The van der Waals surface area contributed by atoms with Crippen LogP contribution in [0.4, 0.5) is 0 Å². The summed E-state index contributed by atoms with van der Waals surface area (Å²) in [5.41, 5.74) is 1.03. The maximum absolute atomic E-state index is 10.4. The summed E-state index contributed by atoms with van der Waals surface area (Å²) >= 11 is 0. The fraction of sp³-hybridized carbons (Fsp3) is 0.533. The molecule has 100 valence electrons. The molecule has 0 amide bonds. The number of carboxylic acids is 1. The monoisotopic (exact) mass is 250 g/mol. The first-order chi connectivity index (χ1) is 8.61. The standard InChI is InChI=1S/C15H22O3/c1-3-12(2)10-11-18-14-7-4-13(5-8-14)6-9-15(16)17/h4-5,7-8,12H,3,6,9-11H2,1-2H3,(H,16,17).